The van der Waals surface area contributed by atoms with E-state index in [1.165, 1.54) is 0 Å². The molecule has 0 aliphatic carbocycles. The van der Waals surface area contributed by atoms with Crippen LogP contribution in [0.4, 0.5) is 0 Å². The van der Waals surface area contributed by atoms with Crippen molar-refractivity contribution >= 4 is 21.8 Å². The van der Waals surface area contributed by atoms with Crippen molar-refractivity contribution in [1.82, 2.24) is 19.5 Å². The molecule has 4 nitrogen and oxygen atoms in total. The Kier molecular flexibility index (Phi) is 5.11. The van der Waals surface area contributed by atoms with Crippen molar-refractivity contribution in [3.63, 3.8) is 0 Å². The predicted octanol–water partition coefficient (Wildman–Crippen LogP) is 9.64. The molecule has 0 fully saturated rings. The lowest BCUT2D eigenvalue weighted by molar-refractivity contribution is 0.953. The van der Waals surface area contributed by atoms with Crippen molar-refractivity contribution in [2.24, 2.45) is 0 Å². The second-order valence-corrected chi connectivity index (χ2v) is 10.2. The van der Waals surface area contributed by atoms with Gasteiger partial charge in [-0.3, -0.25) is 4.57 Å². The van der Waals surface area contributed by atoms with Gasteiger partial charge in [0.25, 0.3) is 0 Å². The van der Waals surface area contributed by atoms with Crippen molar-refractivity contribution in [2.75, 3.05) is 0 Å². The van der Waals surface area contributed by atoms with Crippen LogP contribution in [0.25, 0.3) is 72.8 Å². The van der Waals surface area contributed by atoms with Crippen LogP contribution in [0.15, 0.2) is 158 Å². The van der Waals surface area contributed by atoms with Gasteiger partial charge in [-0.05, 0) is 34.4 Å². The number of para-hydroxylation sites is 1. The zero-order valence-electron chi connectivity index (χ0n) is 27.0. The first-order valence-electron chi connectivity index (χ1n) is 16.1. The topological polar surface area (TPSA) is 43.6 Å². The number of rotatable bonds is 5. The molecular weight excluding hydrogens is 524 g/mol. The molecule has 0 saturated carbocycles. The number of aromatic nitrogens is 4. The average Bonchev–Trinajstić information content (AvgIpc) is 3.49. The molecule has 8 rings (SSSR count). The third-order valence-corrected chi connectivity index (χ3v) is 7.61. The molecule has 0 aliphatic rings. The Morgan fingerprint density at radius 1 is 0.419 bits per heavy atom. The summed E-state index contributed by atoms with van der Waals surface area (Å²) in [5, 5.41) is 1.10. The van der Waals surface area contributed by atoms with E-state index in [2.05, 4.69) is 36.4 Å². The number of fused-ring (bicyclic) bond motifs is 3. The summed E-state index contributed by atoms with van der Waals surface area (Å²) in [6.07, 6.45) is 0. The molecule has 202 valence electrons. The highest BCUT2D eigenvalue weighted by molar-refractivity contribution is 6.10. The zero-order valence-corrected chi connectivity index (χ0v) is 23.0. The number of hydrogen-bond donors (Lipinski definition) is 0. The molecule has 0 spiro atoms. The lowest BCUT2D eigenvalue weighted by atomic mass is 9.99. The van der Waals surface area contributed by atoms with Gasteiger partial charge in [0.15, 0.2) is 11.6 Å². The summed E-state index contributed by atoms with van der Waals surface area (Å²) in [6, 6.07) is 42.9. The van der Waals surface area contributed by atoms with Crippen LogP contribution in [0.2, 0.25) is 0 Å². The smallest absolute Gasteiger partial charge is 0.238 e. The third kappa shape index (κ3) is 4.55. The van der Waals surface area contributed by atoms with Gasteiger partial charge in [-0.1, -0.05) is 146 Å². The van der Waals surface area contributed by atoms with Gasteiger partial charge in [-0.25, -0.2) is 4.98 Å². The van der Waals surface area contributed by atoms with Gasteiger partial charge in [0.2, 0.25) is 5.95 Å². The molecule has 2 aromatic heterocycles. The molecule has 0 N–H and O–H groups in total. The number of benzene rings is 6. The highest BCUT2D eigenvalue weighted by Gasteiger charge is 2.18. The van der Waals surface area contributed by atoms with Gasteiger partial charge in [0.05, 0.1) is 16.5 Å². The van der Waals surface area contributed by atoms with E-state index in [4.69, 9.17) is 20.4 Å². The molecule has 43 heavy (non-hydrogen) atoms. The fourth-order valence-corrected chi connectivity index (χ4v) is 5.49. The van der Waals surface area contributed by atoms with Gasteiger partial charge in [-0.15, -0.1) is 0 Å². The number of hydrogen-bond acceptors (Lipinski definition) is 3. The first-order chi connectivity index (χ1) is 23.0. The van der Waals surface area contributed by atoms with E-state index in [0.717, 1.165) is 33.4 Å². The minimum absolute atomic E-state index is 0.106. The Morgan fingerprint density at radius 2 is 0.907 bits per heavy atom. The maximum atomic E-state index is 9.02. The lowest BCUT2D eigenvalue weighted by Gasteiger charge is -2.11. The number of nitrogens with zero attached hydrogens (tertiary/aromatic N) is 4. The summed E-state index contributed by atoms with van der Waals surface area (Å²) in [7, 11) is 0. The second kappa shape index (κ2) is 10.5. The van der Waals surface area contributed by atoms with Crippen LogP contribution in [-0.4, -0.2) is 19.5 Å². The summed E-state index contributed by atoms with van der Waals surface area (Å²) in [5.74, 6) is 1.18. The van der Waals surface area contributed by atoms with E-state index in [9.17, 15) is 0 Å². The lowest BCUT2D eigenvalue weighted by Crippen LogP contribution is -2.06. The monoisotopic (exact) mass is 554 g/mol. The molecule has 8 aromatic rings. The Balaban J connectivity index is 1.41. The van der Waals surface area contributed by atoms with E-state index in [0.29, 0.717) is 33.5 Å². The van der Waals surface area contributed by atoms with Crippen LogP contribution in [0, 0.1) is 0 Å². The van der Waals surface area contributed by atoms with Crippen molar-refractivity contribution in [3.05, 3.63) is 158 Å². The predicted molar refractivity (Wildman–Crippen MR) is 176 cm³/mol. The molecule has 0 unspecified atom stereocenters. The van der Waals surface area contributed by atoms with Crippen molar-refractivity contribution in [1.29, 1.82) is 0 Å². The molecule has 0 saturated heterocycles. The normalized spacial score (nSPS) is 12.6. The van der Waals surface area contributed by atoms with Crippen LogP contribution in [0.3, 0.4) is 0 Å². The van der Waals surface area contributed by atoms with Gasteiger partial charge < -0.3 is 0 Å². The van der Waals surface area contributed by atoms with E-state index < -0.39 is 0 Å². The summed E-state index contributed by atoms with van der Waals surface area (Å²) >= 11 is 0. The van der Waals surface area contributed by atoms with E-state index in [-0.39, 0.29) is 30.1 Å². The van der Waals surface area contributed by atoms with Crippen LogP contribution in [0.1, 0.15) is 5.48 Å². The maximum Gasteiger partial charge on any atom is 0.238 e. The van der Waals surface area contributed by atoms with Gasteiger partial charge in [0.1, 0.15) is 0 Å². The van der Waals surface area contributed by atoms with Gasteiger partial charge >= 0.3 is 0 Å². The van der Waals surface area contributed by atoms with E-state index >= 15 is 0 Å². The summed E-state index contributed by atoms with van der Waals surface area (Å²) in [5.41, 5.74) is 6.75. The Morgan fingerprint density at radius 3 is 1.51 bits per heavy atom. The molecule has 4 heteroatoms. The van der Waals surface area contributed by atoms with Crippen molar-refractivity contribution in [3.8, 4) is 51.0 Å². The molecule has 0 radical (unpaired) electrons. The fourth-order valence-electron chi connectivity index (χ4n) is 5.49. The maximum absolute atomic E-state index is 9.02. The molecule has 0 bridgehead atoms. The van der Waals surface area contributed by atoms with E-state index in [1.807, 2.05) is 97.1 Å². The first kappa shape index (κ1) is 20.9. The molecule has 0 amide bonds. The summed E-state index contributed by atoms with van der Waals surface area (Å²) in [6.45, 7) is 0. The quantitative estimate of drug-likeness (QED) is 0.213. The van der Waals surface area contributed by atoms with Crippen LogP contribution in [-0.2, 0) is 0 Å². The van der Waals surface area contributed by atoms with Crippen LogP contribution in [0.5, 0.6) is 0 Å². The third-order valence-electron chi connectivity index (χ3n) is 7.61. The fraction of sp³-hybridized carbons (Fsp3) is 0. The minimum atomic E-state index is -0.316. The SMILES string of the molecule is [2H]c1c([2H])c([2H])c2c(c1[2H])c1ccc(-c3ccc(-c4ccccc4)cc3)cc1n2-c1nc(-c2ccccc2)nc(-c2ccccc2)n1. The minimum Gasteiger partial charge on any atom is -0.278 e. The largest absolute Gasteiger partial charge is 0.278 e. The molecular formula is C39H26N4. The second-order valence-electron chi connectivity index (χ2n) is 10.2. The zero-order chi connectivity index (χ0) is 32.1. The average molecular weight is 555 g/mol. The van der Waals surface area contributed by atoms with Gasteiger partial charge in [0, 0.05) is 21.9 Å². The summed E-state index contributed by atoms with van der Waals surface area (Å²) < 4.78 is 36.7. The highest BCUT2D eigenvalue weighted by Crippen LogP contribution is 2.35. The van der Waals surface area contributed by atoms with Crippen molar-refractivity contribution < 1.29 is 5.48 Å². The Labute approximate surface area is 255 Å². The summed E-state index contributed by atoms with van der Waals surface area (Å²) in [4.78, 5) is 14.7. The first-order valence-corrected chi connectivity index (χ1v) is 14.1. The van der Waals surface area contributed by atoms with Crippen LogP contribution < -0.4 is 0 Å². The van der Waals surface area contributed by atoms with Crippen molar-refractivity contribution in [2.45, 2.75) is 0 Å². The Bertz CT molecular complexity index is 2370. The standard InChI is InChI=1S/C39H26N4/c1-4-12-27(13-5-1)28-20-22-29(23-21-28)32-24-25-34-33-18-10-11-19-35(33)43(36(34)26-32)39-41-37(30-14-6-2-7-15-30)40-38(42-39)31-16-8-3-9-17-31/h1-26H/i10D,11D,18D,19D. The van der Waals surface area contributed by atoms with Crippen LogP contribution >= 0.6 is 0 Å². The van der Waals surface area contributed by atoms with E-state index in [1.54, 1.807) is 4.57 Å². The molecule has 0 atom stereocenters. The molecule has 6 aromatic carbocycles. The highest BCUT2D eigenvalue weighted by atomic mass is 15.2. The Hall–Kier alpha value is -5.87. The molecule has 2 heterocycles. The van der Waals surface area contributed by atoms with Gasteiger partial charge in [-0.2, -0.15) is 9.97 Å². The molecule has 0 aliphatic heterocycles.